The number of piperidine rings is 1. The number of methoxy groups -OCH3 is 1. The van der Waals surface area contributed by atoms with Crippen molar-refractivity contribution >= 4 is 5.91 Å². The first-order chi connectivity index (χ1) is 12.3. The van der Waals surface area contributed by atoms with Crippen molar-refractivity contribution < 1.29 is 18.9 Å². The van der Waals surface area contributed by atoms with Gasteiger partial charge >= 0.3 is 0 Å². The first kappa shape index (κ1) is 18.3. The Kier molecular flexibility index (Phi) is 6.77. The van der Waals surface area contributed by atoms with E-state index < -0.39 is 0 Å². The highest BCUT2D eigenvalue weighted by atomic mass is 16.7. The minimum atomic E-state index is -0.104. The van der Waals surface area contributed by atoms with Crippen LogP contribution in [0, 0.1) is 0 Å². The zero-order valence-corrected chi connectivity index (χ0v) is 15.0. The van der Waals surface area contributed by atoms with Crippen molar-refractivity contribution in [1.29, 1.82) is 0 Å². The minimum Gasteiger partial charge on any atom is -0.384 e. The van der Waals surface area contributed by atoms with Gasteiger partial charge in [0.2, 0.25) is 11.8 Å². The van der Waals surface area contributed by atoms with E-state index in [9.17, 15) is 4.79 Å². The molecule has 2 saturated heterocycles. The first-order valence-corrected chi connectivity index (χ1v) is 9.26. The number of hydroxylamine groups is 2. The Morgan fingerprint density at radius 3 is 2.96 bits per heavy atom. The van der Waals surface area contributed by atoms with Crippen molar-refractivity contribution in [1.82, 2.24) is 20.1 Å². The number of ether oxygens (including phenoxy) is 1. The van der Waals surface area contributed by atoms with E-state index in [0.717, 1.165) is 51.8 Å². The summed E-state index contributed by atoms with van der Waals surface area (Å²) in [5, 5.41) is 5.92. The van der Waals surface area contributed by atoms with Crippen molar-refractivity contribution in [3.63, 3.8) is 0 Å². The number of nitrogens with zero attached hydrogens (tertiary/aromatic N) is 4. The molecule has 0 aromatic carbocycles. The molecule has 1 atom stereocenters. The average Bonchev–Trinajstić information content (AvgIpc) is 3.14. The quantitative estimate of drug-likeness (QED) is 0.739. The number of hydrogen-bond acceptors (Lipinski definition) is 7. The molecule has 2 aliphatic heterocycles. The summed E-state index contributed by atoms with van der Waals surface area (Å²) < 4.78 is 10.5. The van der Waals surface area contributed by atoms with Gasteiger partial charge in [-0.3, -0.25) is 9.63 Å². The summed E-state index contributed by atoms with van der Waals surface area (Å²) in [6, 6.07) is -0.104. The maximum Gasteiger partial charge on any atom is 0.249 e. The molecule has 3 heterocycles. The lowest BCUT2D eigenvalue weighted by atomic mass is 10.0. The zero-order chi connectivity index (χ0) is 17.5. The Hall–Kier alpha value is -1.51. The maximum absolute atomic E-state index is 12.7. The largest absolute Gasteiger partial charge is 0.384 e. The molecule has 1 aromatic rings. The van der Waals surface area contributed by atoms with E-state index in [1.165, 1.54) is 0 Å². The lowest BCUT2D eigenvalue weighted by molar-refractivity contribution is -0.183. The van der Waals surface area contributed by atoms with Crippen molar-refractivity contribution in [3.8, 4) is 0 Å². The summed E-state index contributed by atoms with van der Waals surface area (Å²) in [7, 11) is 1.65. The Labute approximate surface area is 148 Å². The lowest BCUT2D eigenvalue weighted by Gasteiger charge is -2.34. The number of likely N-dealkylation sites (tertiary alicyclic amines) is 1. The highest BCUT2D eigenvalue weighted by molar-refractivity contribution is 5.76. The second-order valence-electron chi connectivity index (χ2n) is 6.61. The molecule has 0 aliphatic carbocycles. The van der Waals surface area contributed by atoms with Crippen molar-refractivity contribution in [3.05, 3.63) is 11.7 Å². The van der Waals surface area contributed by atoms with Crippen LogP contribution in [0.1, 0.15) is 56.3 Å². The summed E-state index contributed by atoms with van der Waals surface area (Å²) in [6.45, 7) is 3.61. The van der Waals surface area contributed by atoms with Crippen LogP contribution in [0.5, 0.6) is 0 Å². The third kappa shape index (κ3) is 4.99. The maximum atomic E-state index is 12.7. The molecule has 2 fully saturated rings. The van der Waals surface area contributed by atoms with Crippen LogP contribution in [-0.4, -0.2) is 66.0 Å². The van der Waals surface area contributed by atoms with Crippen LogP contribution in [0.3, 0.4) is 0 Å². The Bertz CT molecular complexity index is 545. The molecule has 140 valence electrons. The van der Waals surface area contributed by atoms with Gasteiger partial charge in [-0.05, 0) is 32.1 Å². The van der Waals surface area contributed by atoms with Gasteiger partial charge in [0.05, 0.1) is 13.2 Å². The van der Waals surface area contributed by atoms with Crippen LogP contribution in [0.25, 0.3) is 0 Å². The van der Waals surface area contributed by atoms with E-state index in [4.69, 9.17) is 14.1 Å². The molecule has 3 rings (SSSR count). The molecule has 0 unspecified atom stereocenters. The van der Waals surface area contributed by atoms with Gasteiger partial charge in [0.25, 0.3) is 0 Å². The van der Waals surface area contributed by atoms with Crippen LogP contribution < -0.4 is 0 Å². The smallest absolute Gasteiger partial charge is 0.249 e. The van der Waals surface area contributed by atoms with Crippen LogP contribution >= 0.6 is 0 Å². The predicted molar refractivity (Wildman–Crippen MR) is 89.6 cm³/mol. The molecule has 0 N–H and O–H groups in total. The van der Waals surface area contributed by atoms with Crippen LogP contribution in [0.2, 0.25) is 0 Å². The lowest BCUT2D eigenvalue weighted by Crippen LogP contribution is -2.41. The first-order valence-electron chi connectivity index (χ1n) is 9.26. The van der Waals surface area contributed by atoms with E-state index in [0.29, 0.717) is 37.7 Å². The SMILES string of the molecule is COCCc1noc([C@H]2CCCCN2C(=O)CCN2CCCCO2)n1. The number of carbonyl (C=O) groups excluding carboxylic acids is 1. The highest BCUT2D eigenvalue weighted by Crippen LogP contribution is 2.30. The van der Waals surface area contributed by atoms with E-state index in [1.807, 2.05) is 9.96 Å². The number of hydrogen-bond donors (Lipinski definition) is 0. The summed E-state index contributed by atoms with van der Waals surface area (Å²) in [5.41, 5.74) is 0. The number of aromatic nitrogens is 2. The Morgan fingerprint density at radius 1 is 1.28 bits per heavy atom. The topological polar surface area (TPSA) is 80.9 Å². The van der Waals surface area contributed by atoms with Gasteiger partial charge in [-0.15, -0.1) is 0 Å². The highest BCUT2D eigenvalue weighted by Gasteiger charge is 2.32. The van der Waals surface area contributed by atoms with Gasteiger partial charge in [0, 0.05) is 39.6 Å². The van der Waals surface area contributed by atoms with Gasteiger partial charge in [0.15, 0.2) is 5.82 Å². The molecular formula is C17H28N4O4. The number of amides is 1. The minimum absolute atomic E-state index is 0.104. The second kappa shape index (κ2) is 9.26. The van der Waals surface area contributed by atoms with Crippen LogP contribution in [0.4, 0.5) is 0 Å². The van der Waals surface area contributed by atoms with Crippen LogP contribution in [0.15, 0.2) is 4.52 Å². The fourth-order valence-corrected chi connectivity index (χ4v) is 3.37. The number of rotatable bonds is 7. The summed E-state index contributed by atoms with van der Waals surface area (Å²) in [6.07, 6.45) is 6.27. The molecule has 0 saturated carbocycles. The summed E-state index contributed by atoms with van der Waals surface area (Å²) >= 11 is 0. The van der Waals surface area contributed by atoms with Gasteiger partial charge < -0.3 is 14.2 Å². The van der Waals surface area contributed by atoms with Gasteiger partial charge in [0.1, 0.15) is 6.04 Å². The Morgan fingerprint density at radius 2 is 2.16 bits per heavy atom. The molecule has 0 bridgehead atoms. The fraction of sp³-hybridized carbons (Fsp3) is 0.824. The second-order valence-corrected chi connectivity index (χ2v) is 6.61. The van der Waals surface area contributed by atoms with Gasteiger partial charge in [-0.1, -0.05) is 5.16 Å². The Balaban J connectivity index is 1.57. The zero-order valence-electron chi connectivity index (χ0n) is 15.0. The standard InChI is InChI=1S/C17H28N4O4/c1-23-13-8-15-18-17(25-19-15)14-6-2-3-10-21(14)16(22)7-11-20-9-4-5-12-24-20/h14H,2-13H2,1H3/t14-/m1/s1. The molecule has 8 nitrogen and oxygen atoms in total. The normalized spacial score (nSPS) is 22.3. The third-order valence-electron chi connectivity index (χ3n) is 4.77. The van der Waals surface area contributed by atoms with Crippen molar-refractivity contribution in [2.24, 2.45) is 0 Å². The van der Waals surface area contributed by atoms with E-state index in [1.54, 1.807) is 7.11 Å². The fourth-order valence-electron chi connectivity index (χ4n) is 3.37. The molecular weight excluding hydrogens is 324 g/mol. The third-order valence-corrected chi connectivity index (χ3v) is 4.77. The summed E-state index contributed by atoms with van der Waals surface area (Å²) in [5.74, 6) is 1.32. The average molecular weight is 352 g/mol. The molecule has 2 aliphatic rings. The van der Waals surface area contributed by atoms with E-state index >= 15 is 0 Å². The predicted octanol–water partition coefficient (Wildman–Crippen LogP) is 1.73. The molecule has 0 radical (unpaired) electrons. The van der Waals surface area contributed by atoms with Crippen molar-refractivity contribution in [2.45, 2.75) is 51.0 Å². The number of carbonyl (C=O) groups is 1. The molecule has 1 aromatic heterocycles. The van der Waals surface area contributed by atoms with E-state index in [2.05, 4.69) is 10.1 Å². The monoisotopic (exact) mass is 352 g/mol. The van der Waals surface area contributed by atoms with Gasteiger partial charge in [-0.25, -0.2) is 0 Å². The summed E-state index contributed by atoms with van der Waals surface area (Å²) in [4.78, 5) is 24.7. The molecule has 0 spiro atoms. The molecule has 8 heteroatoms. The molecule has 1 amide bonds. The van der Waals surface area contributed by atoms with Crippen molar-refractivity contribution in [2.75, 3.05) is 40.0 Å². The van der Waals surface area contributed by atoms with Gasteiger partial charge in [-0.2, -0.15) is 10.0 Å². The van der Waals surface area contributed by atoms with E-state index in [-0.39, 0.29) is 11.9 Å². The van der Waals surface area contributed by atoms with Crippen LogP contribution in [-0.2, 0) is 20.8 Å². The molecule has 25 heavy (non-hydrogen) atoms.